The van der Waals surface area contributed by atoms with Gasteiger partial charge in [0, 0.05) is 12.2 Å². The maximum atomic E-state index is 12.5. The van der Waals surface area contributed by atoms with E-state index in [-0.39, 0.29) is 18.5 Å². The second-order valence-electron chi connectivity index (χ2n) is 5.60. The van der Waals surface area contributed by atoms with Crippen molar-refractivity contribution in [2.75, 3.05) is 0 Å². The summed E-state index contributed by atoms with van der Waals surface area (Å²) >= 11 is 0. The molecule has 1 aromatic heterocycles. The predicted molar refractivity (Wildman–Crippen MR) is 68.7 cm³/mol. The van der Waals surface area contributed by atoms with Crippen LogP contribution in [0.25, 0.3) is 0 Å². The van der Waals surface area contributed by atoms with Gasteiger partial charge in [-0.05, 0) is 25.2 Å². The molecule has 0 radical (unpaired) electrons. The van der Waals surface area contributed by atoms with Gasteiger partial charge in [-0.15, -0.1) is 5.10 Å². The van der Waals surface area contributed by atoms with E-state index in [1.165, 1.54) is 10.9 Å². The quantitative estimate of drug-likeness (QED) is 0.871. The van der Waals surface area contributed by atoms with Crippen molar-refractivity contribution in [3.63, 3.8) is 0 Å². The second kappa shape index (κ2) is 5.22. The molecule has 3 rings (SSSR count). The lowest BCUT2D eigenvalue weighted by Gasteiger charge is -2.32. The fourth-order valence-electron chi connectivity index (χ4n) is 3.58. The van der Waals surface area contributed by atoms with Crippen LogP contribution in [0.15, 0.2) is 12.4 Å². The van der Waals surface area contributed by atoms with E-state index in [2.05, 4.69) is 10.3 Å². The number of amides is 1. The van der Waals surface area contributed by atoms with E-state index in [0.29, 0.717) is 12.3 Å². The van der Waals surface area contributed by atoms with E-state index in [9.17, 15) is 14.7 Å². The van der Waals surface area contributed by atoms with Crippen molar-refractivity contribution in [2.24, 2.45) is 5.92 Å². The third-order valence-corrected chi connectivity index (χ3v) is 4.43. The SMILES string of the molecule is O=C(O)[C@@H]1C[C@H]2CCCC[C@H]2N1C(=O)Cn1ccnn1. The summed E-state index contributed by atoms with van der Waals surface area (Å²) in [6.07, 6.45) is 7.86. The van der Waals surface area contributed by atoms with Gasteiger partial charge in [-0.2, -0.15) is 0 Å². The summed E-state index contributed by atoms with van der Waals surface area (Å²) in [5.41, 5.74) is 0. The minimum atomic E-state index is -0.897. The standard InChI is InChI=1S/C13H18N4O3/c18-12(8-16-6-5-14-15-16)17-10-4-2-1-3-9(10)7-11(17)13(19)20/h5-6,9-11H,1-4,7-8H2,(H,19,20)/t9-,10-,11+/m1/s1. The van der Waals surface area contributed by atoms with Crippen molar-refractivity contribution in [3.05, 3.63) is 12.4 Å². The summed E-state index contributed by atoms with van der Waals surface area (Å²) in [4.78, 5) is 25.5. The first kappa shape index (κ1) is 13.1. The average Bonchev–Trinajstić information content (AvgIpc) is 3.04. The number of hydrogen-bond donors (Lipinski definition) is 1. The van der Waals surface area contributed by atoms with E-state index in [0.717, 1.165) is 25.7 Å². The molecule has 1 saturated heterocycles. The maximum absolute atomic E-state index is 12.5. The fraction of sp³-hybridized carbons (Fsp3) is 0.692. The van der Waals surface area contributed by atoms with E-state index in [1.807, 2.05) is 0 Å². The third kappa shape index (κ3) is 2.28. The summed E-state index contributed by atoms with van der Waals surface area (Å²) < 4.78 is 1.44. The van der Waals surface area contributed by atoms with Crippen molar-refractivity contribution in [1.29, 1.82) is 0 Å². The predicted octanol–water partition coefficient (Wildman–Crippen LogP) is 0.522. The Hall–Kier alpha value is -1.92. The van der Waals surface area contributed by atoms with Crippen LogP contribution in [0, 0.1) is 5.92 Å². The van der Waals surface area contributed by atoms with Gasteiger partial charge in [0.05, 0.1) is 6.20 Å². The molecular weight excluding hydrogens is 260 g/mol. The van der Waals surface area contributed by atoms with Crippen molar-refractivity contribution < 1.29 is 14.7 Å². The molecule has 1 aliphatic heterocycles. The molecule has 2 heterocycles. The van der Waals surface area contributed by atoms with Crippen LogP contribution in [0.3, 0.4) is 0 Å². The Morgan fingerprint density at radius 3 is 2.80 bits per heavy atom. The molecule has 1 aromatic rings. The Morgan fingerprint density at radius 1 is 1.30 bits per heavy atom. The summed E-state index contributed by atoms with van der Waals surface area (Å²) in [6.45, 7) is 0.0625. The third-order valence-electron chi connectivity index (χ3n) is 4.43. The number of carbonyl (C=O) groups excluding carboxylic acids is 1. The van der Waals surface area contributed by atoms with E-state index >= 15 is 0 Å². The smallest absolute Gasteiger partial charge is 0.326 e. The van der Waals surface area contributed by atoms with Gasteiger partial charge in [0.2, 0.25) is 5.91 Å². The first-order valence-corrected chi connectivity index (χ1v) is 7.05. The van der Waals surface area contributed by atoms with Crippen LogP contribution in [0.5, 0.6) is 0 Å². The zero-order valence-corrected chi connectivity index (χ0v) is 11.2. The van der Waals surface area contributed by atoms with Gasteiger partial charge in [0.15, 0.2) is 0 Å². The molecular formula is C13H18N4O3. The number of aliphatic carboxylic acids is 1. The van der Waals surface area contributed by atoms with Crippen LogP contribution in [0.2, 0.25) is 0 Å². The van der Waals surface area contributed by atoms with Crippen LogP contribution in [0.4, 0.5) is 0 Å². The molecule has 7 heteroatoms. The lowest BCUT2D eigenvalue weighted by Crippen LogP contribution is -2.47. The zero-order chi connectivity index (χ0) is 14.1. The molecule has 0 bridgehead atoms. The highest BCUT2D eigenvalue weighted by Gasteiger charge is 2.47. The van der Waals surface area contributed by atoms with Gasteiger partial charge in [-0.25, -0.2) is 9.48 Å². The minimum Gasteiger partial charge on any atom is -0.480 e. The molecule has 20 heavy (non-hydrogen) atoms. The van der Waals surface area contributed by atoms with Gasteiger partial charge in [0.25, 0.3) is 0 Å². The highest BCUT2D eigenvalue weighted by atomic mass is 16.4. The summed E-state index contributed by atoms with van der Waals surface area (Å²) in [7, 11) is 0. The number of aromatic nitrogens is 3. The number of rotatable bonds is 3. The molecule has 0 unspecified atom stereocenters. The van der Waals surface area contributed by atoms with Crippen LogP contribution < -0.4 is 0 Å². The molecule has 1 saturated carbocycles. The largest absolute Gasteiger partial charge is 0.480 e. The van der Waals surface area contributed by atoms with Crippen LogP contribution in [-0.4, -0.2) is 49.0 Å². The van der Waals surface area contributed by atoms with Crippen LogP contribution in [0.1, 0.15) is 32.1 Å². The lowest BCUT2D eigenvalue weighted by molar-refractivity contribution is -0.150. The van der Waals surface area contributed by atoms with Crippen molar-refractivity contribution >= 4 is 11.9 Å². The zero-order valence-electron chi connectivity index (χ0n) is 11.2. The molecule has 2 fully saturated rings. The van der Waals surface area contributed by atoms with Crippen molar-refractivity contribution in [3.8, 4) is 0 Å². The Morgan fingerprint density at radius 2 is 2.10 bits per heavy atom. The molecule has 0 spiro atoms. The van der Waals surface area contributed by atoms with Gasteiger partial charge in [-0.3, -0.25) is 4.79 Å². The summed E-state index contributed by atoms with van der Waals surface area (Å²) in [5, 5.41) is 16.8. The fourth-order valence-corrected chi connectivity index (χ4v) is 3.58. The number of likely N-dealkylation sites (tertiary alicyclic amines) is 1. The second-order valence-corrected chi connectivity index (χ2v) is 5.60. The number of carbonyl (C=O) groups is 2. The summed E-state index contributed by atoms with van der Waals surface area (Å²) in [6, 6.07) is -0.597. The maximum Gasteiger partial charge on any atom is 0.326 e. The topological polar surface area (TPSA) is 88.3 Å². The van der Waals surface area contributed by atoms with Gasteiger partial charge >= 0.3 is 5.97 Å². The highest BCUT2D eigenvalue weighted by Crippen LogP contribution is 2.39. The van der Waals surface area contributed by atoms with E-state index in [1.54, 1.807) is 11.1 Å². The minimum absolute atomic E-state index is 0.0625. The van der Waals surface area contributed by atoms with Crippen molar-refractivity contribution in [1.82, 2.24) is 19.9 Å². The van der Waals surface area contributed by atoms with Gasteiger partial charge in [-0.1, -0.05) is 18.1 Å². The van der Waals surface area contributed by atoms with Gasteiger partial charge in [0.1, 0.15) is 12.6 Å². The van der Waals surface area contributed by atoms with Crippen LogP contribution in [-0.2, 0) is 16.1 Å². The van der Waals surface area contributed by atoms with Gasteiger partial charge < -0.3 is 10.0 Å². The molecule has 2 aliphatic rings. The van der Waals surface area contributed by atoms with Crippen molar-refractivity contribution in [2.45, 2.75) is 50.7 Å². The number of hydrogen-bond acceptors (Lipinski definition) is 4. The molecule has 3 atom stereocenters. The normalized spacial score (nSPS) is 29.2. The number of nitrogens with zero attached hydrogens (tertiary/aromatic N) is 4. The number of fused-ring (bicyclic) bond motifs is 1. The lowest BCUT2D eigenvalue weighted by atomic mass is 9.85. The first-order chi connectivity index (χ1) is 9.66. The summed E-state index contributed by atoms with van der Waals surface area (Å²) in [5.74, 6) is -0.729. The molecule has 108 valence electrons. The number of carboxylic acids is 1. The Bertz CT molecular complexity index is 502. The van der Waals surface area contributed by atoms with Crippen LogP contribution >= 0.6 is 0 Å². The average molecular weight is 278 g/mol. The Labute approximate surface area is 116 Å². The molecule has 1 amide bonds. The monoisotopic (exact) mass is 278 g/mol. The molecule has 1 N–H and O–H groups in total. The van der Waals surface area contributed by atoms with E-state index in [4.69, 9.17) is 0 Å². The van der Waals surface area contributed by atoms with E-state index < -0.39 is 12.0 Å². The molecule has 7 nitrogen and oxygen atoms in total. The highest BCUT2D eigenvalue weighted by molar-refractivity contribution is 5.84. The Balaban J connectivity index is 1.79. The number of carboxylic acid groups (broad SMARTS) is 1. The molecule has 1 aliphatic carbocycles. The Kier molecular flexibility index (Phi) is 3.42. The molecule has 0 aromatic carbocycles. The first-order valence-electron chi connectivity index (χ1n) is 7.05.